The lowest BCUT2D eigenvalue weighted by Gasteiger charge is -2.10. The van der Waals surface area contributed by atoms with Crippen molar-refractivity contribution < 1.29 is 13.3 Å². The molecule has 0 bridgehead atoms. The summed E-state index contributed by atoms with van der Waals surface area (Å²) in [6.45, 7) is 1.50. The van der Waals surface area contributed by atoms with Gasteiger partial charge in [-0.05, 0) is 26.4 Å². The molecule has 0 fully saturated rings. The first-order valence-corrected chi connectivity index (χ1v) is 5.30. The minimum atomic E-state index is -3.03. The molecule has 0 radical (unpaired) electrons. The van der Waals surface area contributed by atoms with Crippen molar-refractivity contribution in [2.24, 2.45) is 0 Å². The van der Waals surface area contributed by atoms with Crippen molar-refractivity contribution in [3.63, 3.8) is 0 Å². The maximum absolute atomic E-state index is 7.55. The van der Waals surface area contributed by atoms with Gasteiger partial charge < -0.3 is 18.6 Å². The Kier molecular flexibility index (Phi) is 7.73. The molecule has 0 amide bonds. The minimum absolute atomic E-state index is 0.527. The van der Waals surface area contributed by atoms with Gasteiger partial charge in [-0.2, -0.15) is 0 Å². The zero-order valence-corrected chi connectivity index (χ0v) is 9.05. The highest BCUT2D eigenvalue weighted by Crippen LogP contribution is 1.93. The molecule has 0 aliphatic carbocycles. The van der Waals surface area contributed by atoms with Gasteiger partial charge in [0.2, 0.25) is 0 Å². The maximum Gasteiger partial charge on any atom is 0.483 e. The average Bonchev–Trinajstić information content (AvgIpc) is 2.17. The van der Waals surface area contributed by atoms with Gasteiger partial charge in [-0.1, -0.05) is 0 Å². The van der Waals surface area contributed by atoms with Crippen LogP contribution in [0, 0.1) is 0 Å². The summed E-state index contributed by atoms with van der Waals surface area (Å²) in [4.78, 5) is 0. The molecule has 0 saturated heterocycles. The first kappa shape index (κ1) is 10.1. The van der Waals surface area contributed by atoms with Crippen LogP contribution >= 0.6 is 0 Å². The Morgan fingerprint density at radius 2 is 2.00 bits per heavy atom. The molecule has 12 heavy (non-hydrogen) atoms. The molecule has 0 aromatic heterocycles. The fourth-order valence-corrected chi connectivity index (χ4v) is 1.47. The molecule has 1 N–H and O–H groups in total. The topological polar surface area (TPSA) is 39.7 Å². The van der Waals surface area contributed by atoms with Crippen LogP contribution in [0.3, 0.4) is 0 Å². The van der Waals surface area contributed by atoms with Crippen molar-refractivity contribution in [1.82, 2.24) is 5.32 Å². The Morgan fingerprint density at radius 3 is 2.50 bits per heavy atom. The standard InChI is InChI=1S/C7H19NO3Si/c1-8-6-4-5-7-11-12(9-2)10-3/h8,12H,4-7H2,1-3H3/i12D. The molecule has 0 aliphatic rings. The van der Waals surface area contributed by atoms with Crippen LogP contribution in [-0.2, 0) is 13.3 Å². The van der Waals surface area contributed by atoms with Crippen LogP contribution in [0.5, 0.6) is 0 Å². The zero-order valence-electron chi connectivity index (χ0n) is 9.05. The fourth-order valence-electron chi connectivity index (χ4n) is 0.761. The van der Waals surface area contributed by atoms with Crippen LogP contribution in [0.2, 0.25) is 0 Å². The van der Waals surface area contributed by atoms with E-state index in [4.69, 9.17) is 14.5 Å². The van der Waals surface area contributed by atoms with E-state index in [-0.39, 0.29) is 0 Å². The molecule has 0 saturated carbocycles. The van der Waals surface area contributed by atoms with E-state index in [0.717, 1.165) is 19.4 Å². The second-order valence-corrected chi connectivity index (χ2v) is 3.92. The predicted molar refractivity (Wildman–Crippen MR) is 50.3 cm³/mol. The van der Waals surface area contributed by atoms with Gasteiger partial charge in [-0.15, -0.1) is 0 Å². The summed E-state index contributed by atoms with van der Waals surface area (Å²) in [5, 5.41) is 3.04. The second kappa shape index (κ2) is 9.15. The summed E-state index contributed by atoms with van der Waals surface area (Å²) >= 11 is 0. The van der Waals surface area contributed by atoms with Crippen LogP contribution in [-0.4, -0.2) is 45.1 Å². The van der Waals surface area contributed by atoms with Crippen molar-refractivity contribution in [3.05, 3.63) is 0 Å². The van der Waals surface area contributed by atoms with Gasteiger partial charge in [-0.3, -0.25) is 0 Å². The van der Waals surface area contributed by atoms with Gasteiger partial charge in [-0.25, -0.2) is 0 Å². The van der Waals surface area contributed by atoms with Crippen molar-refractivity contribution in [2.45, 2.75) is 12.8 Å². The molecule has 0 atom stereocenters. The van der Waals surface area contributed by atoms with Crippen molar-refractivity contribution in [3.8, 4) is 0 Å². The van der Waals surface area contributed by atoms with E-state index in [9.17, 15) is 0 Å². The first-order chi connectivity index (χ1) is 6.18. The summed E-state index contributed by atoms with van der Waals surface area (Å²) in [7, 11) is 1.77. The van der Waals surface area contributed by atoms with Crippen LogP contribution in [0.25, 0.3) is 0 Å². The summed E-state index contributed by atoms with van der Waals surface area (Å²) in [6, 6.07) is 0. The molecule has 0 heterocycles. The number of unbranched alkanes of at least 4 members (excludes halogenated alkanes) is 1. The van der Waals surface area contributed by atoms with Gasteiger partial charge in [0.05, 0.1) is 0 Å². The van der Waals surface area contributed by atoms with E-state index in [1.54, 1.807) is 0 Å². The lowest BCUT2D eigenvalue weighted by Crippen LogP contribution is -2.24. The van der Waals surface area contributed by atoms with Gasteiger partial charge in [0.1, 0.15) is 1.23 Å². The molecule has 5 heteroatoms. The number of hydrogen-bond acceptors (Lipinski definition) is 4. The van der Waals surface area contributed by atoms with Crippen molar-refractivity contribution in [1.29, 1.82) is 1.23 Å². The molecule has 74 valence electrons. The van der Waals surface area contributed by atoms with Crippen LogP contribution in [0.4, 0.5) is 0 Å². The lowest BCUT2D eigenvalue weighted by atomic mass is 10.3. The van der Waals surface area contributed by atoms with Crippen LogP contribution in [0.15, 0.2) is 0 Å². The third kappa shape index (κ3) is 6.75. The highest BCUT2D eigenvalue weighted by Gasteiger charge is 2.09. The minimum Gasteiger partial charge on any atom is -0.379 e. The predicted octanol–water partition coefficient (Wildman–Crippen LogP) is 0.0126. The number of rotatable bonds is 8. The maximum atomic E-state index is 7.55. The average molecular weight is 194 g/mol. The van der Waals surface area contributed by atoms with Gasteiger partial charge in [0, 0.05) is 20.8 Å². The highest BCUT2D eigenvalue weighted by atomic mass is 28.3. The van der Waals surface area contributed by atoms with E-state index >= 15 is 0 Å². The molecule has 0 rings (SSSR count). The number of hydrogen-bond donors (Lipinski definition) is 1. The van der Waals surface area contributed by atoms with Gasteiger partial charge in [0.15, 0.2) is 0 Å². The molecule has 0 aliphatic heterocycles. The molecule has 0 unspecified atom stereocenters. The van der Waals surface area contributed by atoms with E-state index in [1.165, 1.54) is 14.2 Å². The second-order valence-electron chi connectivity index (χ2n) is 2.32. The Balaban J connectivity index is 3.39. The largest absolute Gasteiger partial charge is 0.483 e. The normalized spacial score (nSPS) is 13.1. The first-order valence-electron chi connectivity index (χ1n) is 4.57. The summed E-state index contributed by atoms with van der Waals surface area (Å²) in [6.07, 6.45) is 1.95. The smallest absolute Gasteiger partial charge is 0.379 e. The Bertz CT molecular complexity index is 124. The zero-order chi connectivity index (χ0) is 10.2. The molecule has 0 aromatic carbocycles. The highest BCUT2D eigenvalue weighted by molar-refractivity contribution is 6.36. The molecule has 4 nitrogen and oxygen atoms in total. The van der Waals surface area contributed by atoms with E-state index < -0.39 is 9.46 Å². The monoisotopic (exact) mass is 194 g/mol. The summed E-state index contributed by atoms with van der Waals surface area (Å²) in [5.41, 5.74) is 0. The van der Waals surface area contributed by atoms with Gasteiger partial charge >= 0.3 is 9.46 Å². The Hall–Kier alpha value is 0.0569. The molecule has 0 aromatic rings. The lowest BCUT2D eigenvalue weighted by molar-refractivity contribution is 0.133. The van der Waals surface area contributed by atoms with Crippen molar-refractivity contribution in [2.75, 3.05) is 34.4 Å². The van der Waals surface area contributed by atoms with Crippen LogP contribution in [0.1, 0.15) is 12.8 Å². The molecule has 0 spiro atoms. The number of nitrogens with one attached hydrogen (secondary N) is 1. The Labute approximate surface area is 77.4 Å². The molecular formula is C7H19NO3Si. The SMILES string of the molecule is [2H][Si](OC)(OC)OCCCCNC. The summed E-state index contributed by atoms with van der Waals surface area (Å²) in [5.74, 6) is 0. The van der Waals surface area contributed by atoms with Crippen molar-refractivity contribution >= 4 is 9.46 Å². The van der Waals surface area contributed by atoms with E-state index in [0.29, 0.717) is 6.61 Å². The molecular weight excluding hydrogens is 174 g/mol. The third-order valence-electron chi connectivity index (χ3n) is 1.37. The third-order valence-corrected chi connectivity index (χ3v) is 2.48. The van der Waals surface area contributed by atoms with E-state index in [1.807, 2.05) is 7.05 Å². The Morgan fingerprint density at radius 1 is 1.33 bits per heavy atom. The fraction of sp³-hybridized carbons (Fsp3) is 1.00. The van der Waals surface area contributed by atoms with Crippen LogP contribution < -0.4 is 5.32 Å². The van der Waals surface area contributed by atoms with Gasteiger partial charge in [0.25, 0.3) is 0 Å². The summed E-state index contributed by atoms with van der Waals surface area (Å²) < 4.78 is 22.4. The quantitative estimate of drug-likeness (QED) is 0.436. The van der Waals surface area contributed by atoms with E-state index in [2.05, 4.69) is 5.32 Å².